The number of nitrogens with one attached hydrogen (secondary N) is 2. The number of aliphatic imine (C=N–C) groups is 1. The number of hydrogen-bond acceptors (Lipinski definition) is 2. The van der Waals surface area contributed by atoms with Crippen LogP contribution in [0.1, 0.15) is 24.2 Å². The SMILES string of the molecule is CC(C)NC(N)=NCCNC(=O)c1ccc(Br)cc1. The Balaban J connectivity index is 2.33. The van der Waals surface area contributed by atoms with Gasteiger partial charge in [0.05, 0.1) is 6.54 Å². The zero-order valence-corrected chi connectivity index (χ0v) is 12.7. The highest BCUT2D eigenvalue weighted by atomic mass is 79.9. The van der Waals surface area contributed by atoms with E-state index in [0.29, 0.717) is 24.6 Å². The fraction of sp³-hybridized carbons (Fsp3) is 0.385. The second-order valence-corrected chi connectivity index (χ2v) is 5.24. The van der Waals surface area contributed by atoms with Crippen LogP contribution in [0.2, 0.25) is 0 Å². The molecule has 6 heteroatoms. The standard InChI is InChI=1S/C13H19BrN4O/c1-9(2)18-13(15)17-8-7-16-12(19)10-3-5-11(14)6-4-10/h3-6,9H,7-8H2,1-2H3,(H,16,19)(H3,15,17,18). The number of carbonyl (C=O) groups excluding carboxylic acids is 1. The van der Waals surface area contributed by atoms with Crippen LogP contribution in [0.5, 0.6) is 0 Å². The van der Waals surface area contributed by atoms with Gasteiger partial charge in [-0.25, -0.2) is 0 Å². The molecule has 104 valence electrons. The maximum atomic E-state index is 11.8. The number of nitrogens with zero attached hydrogens (tertiary/aromatic N) is 1. The lowest BCUT2D eigenvalue weighted by Crippen LogP contribution is -2.37. The van der Waals surface area contributed by atoms with Crippen molar-refractivity contribution in [3.63, 3.8) is 0 Å². The Morgan fingerprint density at radius 2 is 2.00 bits per heavy atom. The van der Waals surface area contributed by atoms with Crippen molar-refractivity contribution in [2.75, 3.05) is 13.1 Å². The van der Waals surface area contributed by atoms with Crippen molar-refractivity contribution in [1.29, 1.82) is 0 Å². The molecule has 19 heavy (non-hydrogen) atoms. The van der Waals surface area contributed by atoms with Crippen molar-refractivity contribution < 1.29 is 4.79 Å². The van der Waals surface area contributed by atoms with Gasteiger partial charge in [-0.15, -0.1) is 0 Å². The predicted molar refractivity (Wildman–Crippen MR) is 81.2 cm³/mol. The summed E-state index contributed by atoms with van der Waals surface area (Å²) in [5.41, 5.74) is 6.27. The number of halogens is 1. The molecule has 4 N–H and O–H groups in total. The van der Waals surface area contributed by atoms with Gasteiger partial charge in [0.15, 0.2) is 5.96 Å². The van der Waals surface area contributed by atoms with E-state index in [0.717, 1.165) is 4.47 Å². The summed E-state index contributed by atoms with van der Waals surface area (Å²) in [7, 11) is 0. The molecule has 0 aliphatic heterocycles. The van der Waals surface area contributed by atoms with Crippen molar-refractivity contribution >= 4 is 27.8 Å². The lowest BCUT2D eigenvalue weighted by Gasteiger charge is -2.08. The lowest BCUT2D eigenvalue weighted by molar-refractivity contribution is 0.0955. The van der Waals surface area contributed by atoms with Crippen molar-refractivity contribution in [2.45, 2.75) is 19.9 Å². The Morgan fingerprint density at radius 1 is 1.37 bits per heavy atom. The van der Waals surface area contributed by atoms with Crippen LogP contribution >= 0.6 is 15.9 Å². The Bertz CT molecular complexity index is 442. The van der Waals surface area contributed by atoms with E-state index in [1.807, 2.05) is 26.0 Å². The van der Waals surface area contributed by atoms with Gasteiger partial charge in [-0.05, 0) is 38.1 Å². The van der Waals surface area contributed by atoms with Gasteiger partial charge >= 0.3 is 0 Å². The quantitative estimate of drug-likeness (QED) is 0.435. The smallest absolute Gasteiger partial charge is 0.251 e. The van der Waals surface area contributed by atoms with E-state index in [2.05, 4.69) is 31.6 Å². The second-order valence-electron chi connectivity index (χ2n) is 4.33. The van der Waals surface area contributed by atoms with Crippen LogP contribution in [0, 0.1) is 0 Å². The highest BCUT2D eigenvalue weighted by molar-refractivity contribution is 9.10. The predicted octanol–water partition coefficient (Wildman–Crippen LogP) is 1.49. The van der Waals surface area contributed by atoms with E-state index in [4.69, 9.17) is 5.73 Å². The number of guanidine groups is 1. The first-order valence-corrected chi connectivity index (χ1v) is 6.88. The molecular weight excluding hydrogens is 308 g/mol. The number of rotatable bonds is 5. The van der Waals surface area contributed by atoms with Crippen LogP contribution in [-0.4, -0.2) is 31.0 Å². The minimum atomic E-state index is -0.113. The summed E-state index contributed by atoms with van der Waals surface area (Å²) in [6.45, 7) is 4.87. The van der Waals surface area contributed by atoms with Crippen molar-refractivity contribution in [3.8, 4) is 0 Å². The average molecular weight is 327 g/mol. The molecule has 0 radical (unpaired) electrons. The van der Waals surface area contributed by atoms with Crippen LogP contribution in [-0.2, 0) is 0 Å². The molecule has 1 amide bonds. The summed E-state index contributed by atoms with van der Waals surface area (Å²) in [5, 5.41) is 5.76. The maximum absolute atomic E-state index is 11.8. The molecule has 0 saturated carbocycles. The zero-order valence-electron chi connectivity index (χ0n) is 11.1. The molecule has 5 nitrogen and oxygen atoms in total. The van der Waals surface area contributed by atoms with Gasteiger partial charge in [0.25, 0.3) is 5.91 Å². The molecular formula is C13H19BrN4O. The maximum Gasteiger partial charge on any atom is 0.251 e. The average Bonchev–Trinajstić information content (AvgIpc) is 2.34. The summed E-state index contributed by atoms with van der Waals surface area (Å²) in [6, 6.07) is 7.44. The van der Waals surface area contributed by atoms with Crippen LogP contribution in [0.3, 0.4) is 0 Å². The third kappa shape index (κ3) is 6.24. The third-order valence-corrected chi connectivity index (χ3v) is 2.75. The normalized spacial score (nSPS) is 11.5. The van der Waals surface area contributed by atoms with Crippen LogP contribution in [0.15, 0.2) is 33.7 Å². The summed E-state index contributed by atoms with van der Waals surface area (Å²) in [6.07, 6.45) is 0. The minimum Gasteiger partial charge on any atom is -0.370 e. The van der Waals surface area contributed by atoms with E-state index in [-0.39, 0.29) is 11.9 Å². The summed E-state index contributed by atoms with van der Waals surface area (Å²) in [5.74, 6) is 0.283. The highest BCUT2D eigenvalue weighted by Gasteiger charge is 2.03. The molecule has 0 heterocycles. The molecule has 0 unspecified atom stereocenters. The molecule has 0 bridgehead atoms. The van der Waals surface area contributed by atoms with Gasteiger partial charge in [0.2, 0.25) is 0 Å². The Kier molecular flexibility index (Phi) is 6.35. The Morgan fingerprint density at radius 3 is 2.58 bits per heavy atom. The van der Waals surface area contributed by atoms with E-state index >= 15 is 0 Å². The van der Waals surface area contributed by atoms with Gasteiger partial charge in [-0.2, -0.15) is 0 Å². The third-order valence-electron chi connectivity index (χ3n) is 2.22. The van der Waals surface area contributed by atoms with E-state index in [9.17, 15) is 4.79 Å². The van der Waals surface area contributed by atoms with Crippen molar-refractivity contribution in [1.82, 2.24) is 10.6 Å². The molecule has 0 atom stereocenters. The van der Waals surface area contributed by atoms with Crippen LogP contribution in [0.4, 0.5) is 0 Å². The molecule has 0 aliphatic carbocycles. The second kappa shape index (κ2) is 7.78. The largest absolute Gasteiger partial charge is 0.370 e. The van der Waals surface area contributed by atoms with Crippen LogP contribution < -0.4 is 16.4 Å². The molecule has 1 aromatic carbocycles. The summed E-state index contributed by atoms with van der Waals surface area (Å²) < 4.78 is 0.946. The fourth-order valence-electron chi connectivity index (χ4n) is 1.39. The lowest BCUT2D eigenvalue weighted by atomic mass is 10.2. The van der Waals surface area contributed by atoms with E-state index in [1.54, 1.807) is 12.1 Å². The number of hydrogen-bond donors (Lipinski definition) is 3. The van der Waals surface area contributed by atoms with Gasteiger partial charge in [0.1, 0.15) is 0 Å². The van der Waals surface area contributed by atoms with Crippen molar-refractivity contribution in [3.05, 3.63) is 34.3 Å². The van der Waals surface area contributed by atoms with Gasteiger partial charge in [-0.1, -0.05) is 15.9 Å². The number of nitrogens with two attached hydrogens (primary N) is 1. The molecule has 1 aromatic rings. The molecule has 0 fully saturated rings. The van der Waals surface area contributed by atoms with Gasteiger partial charge in [-0.3, -0.25) is 9.79 Å². The molecule has 1 rings (SSSR count). The van der Waals surface area contributed by atoms with Gasteiger partial charge in [0, 0.05) is 22.6 Å². The van der Waals surface area contributed by atoms with Crippen LogP contribution in [0.25, 0.3) is 0 Å². The summed E-state index contributed by atoms with van der Waals surface area (Å²) >= 11 is 3.32. The first-order chi connectivity index (χ1) is 8.99. The summed E-state index contributed by atoms with van der Waals surface area (Å²) in [4.78, 5) is 15.9. The molecule has 0 spiro atoms. The molecule has 0 saturated heterocycles. The van der Waals surface area contributed by atoms with Crippen molar-refractivity contribution in [2.24, 2.45) is 10.7 Å². The first-order valence-electron chi connectivity index (χ1n) is 6.09. The first kappa shape index (κ1) is 15.5. The van der Waals surface area contributed by atoms with Gasteiger partial charge < -0.3 is 16.4 Å². The molecule has 0 aromatic heterocycles. The topological polar surface area (TPSA) is 79.5 Å². The number of carbonyl (C=O) groups is 1. The van der Waals surface area contributed by atoms with E-state index in [1.165, 1.54) is 0 Å². The Labute approximate surface area is 121 Å². The minimum absolute atomic E-state index is 0.113. The zero-order chi connectivity index (χ0) is 14.3. The number of amides is 1. The van der Waals surface area contributed by atoms with E-state index < -0.39 is 0 Å². The highest BCUT2D eigenvalue weighted by Crippen LogP contribution is 2.10. The number of benzene rings is 1. The molecule has 0 aliphatic rings. The monoisotopic (exact) mass is 326 g/mol. The fourth-order valence-corrected chi connectivity index (χ4v) is 1.65. The Hall–Kier alpha value is -1.56.